The summed E-state index contributed by atoms with van der Waals surface area (Å²) in [5.41, 5.74) is 6.18. The fourth-order valence-corrected chi connectivity index (χ4v) is 3.89. The second-order valence-corrected chi connectivity index (χ2v) is 7.88. The number of anilines is 1. The number of aromatic nitrogens is 5. The van der Waals surface area contributed by atoms with Gasteiger partial charge in [-0.05, 0) is 30.9 Å². The fourth-order valence-electron chi connectivity index (χ4n) is 3.89. The molecule has 1 aliphatic rings. The summed E-state index contributed by atoms with van der Waals surface area (Å²) in [5, 5.41) is 13.8. The molecular weight excluding hydrogens is 428 g/mol. The molecule has 2 atom stereocenters. The van der Waals surface area contributed by atoms with E-state index in [0.717, 1.165) is 6.42 Å². The Balaban J connectivity index is 1.54. The highest BCUT2D eigenvalue weighted by Gasteiger charge is 2.35. The smallest absolute Gasteiger partial charge is 0.313 e. The number of carbonyl (C=O) groups excluding carboxylic acids is 3. The molecule has 0 bridgehead atoms. The molecule has 4 heterocycles. The number of rotatable bonds is 5. The summed E-state index contributed by atoms with van der Waals surface area (Å²) in [6.07, 6.45) is 6.26. The van der Waals surface area contributed by atoms with Crippen LogP contribution in [0.25, 0.3) is 5.82 Å². The van der Waals surface area contributed by atoms with Gasteiger partial charge < -0.3 is 20.7 Å². The van der Waals surface area contributed by atoms with Crippen LogP contribution in [0.4, 0.5) is 5.69 Å². The van der Waals surface area contributed by atoms with Crippen LogP contribution in [0.3, 0.4) is 0 Å². The topological polar surface area (TPSA) is 161 Å². The van der Waals surface area contributed by atoms with E-state index >= 15 is 0 Å². The minimum atomic E-state index is -0.843. The van der Waals surface area contributed by atoms with E-state index < -0.39 is 17.7 Å². The van der Waals surface area contributed by atoms with E-state index in [0.29, 0.717) is 24.5 Å². The Bertz CT molecular complexity index is 1170. The number of nitrogens with two attached hydrogens (primary N) is 1. The number of nitrogens with zero attached hydrogens (tertiary/aromatic N) is 5. The standard InChI is InChI=1S/C21H24N8O4/c1-12-3-4-16(15-6-8-29(27-15)17-5-7-24-26-17)28(11-12)21(32)19(31)25-13-9-14(18(22)30)20(33-2)23-10-13/h5-10,12,16H,3-4,11H2,1-2H3,(H2,22,30)(H,24,26)(H,25,31)/t12-,16+/m1/s1. The predicted octanol–water partition coefficient (Wildman–Crippen LogP) is 1.04. The molecule has 3 aromatic rings. The number of aromatic amines is 1. The number of piperidine rings is 1. The zero-order valence-corrected chi connectivity index (χ0v) is 18.2. The van der Waals surface area contributed by atoms with Gasteiger partial charge in [-0.15, -0.1) is 0 Å². The minimum Gasteiger partial charge on any atom is -0.480 e. The number of hydrogen-bond acceptors (Lipinski definition) is 7. The monoisotopic (exact) mass is 452 g/mol. The van der Waals surface area contributed by atoms with Crippen molar-refractivity contribution < 1.29 is 19.1 Å². The Labute approximate surface area is 189 Å². The maximum absolute atomic E-state index is 13.1. The SMILES string of the molecule is COc1ncc(NC(=O)C(=O)N2C[C@H](C)CC[C@H]2c2ccn(-c3ccn[nH]3)n2)cc1C(N)=O. The first kappa shape index (κ1) is 22.0. The molecule has 0 aromatic carbocycles. The lowest BCUT2D eigenvalue weighted by molar-refractivity contribution is -0.146. The minimum absolute atomic E-state index is 0.00318. The van der Waals surface area contributed by atoms with E-state index in [9.17, 15) is 14.4 Å². The summed E-state index contributed by atoms with van der Waals surface area (Å²) < 4.78 is 6.63. The van der Waals surface area contributed by atoms with E-state index in [1.807, 2.05) is 13.0 Å². The Hall–Kier alpha value is -4.22. The highest BCUT2D eigenvalue weighted by molar-refractivity contribution is 6.39. The first-order valence-corrected chi connectivity index (χ1v) is 10.4. The summed E-state index contributed by atoms with van der Waals surface area (Å²) in [7, 11) is 1.35. The Morgan fingerprint density at radius 2 is 2.09 bits per heavy atom. The number of primary amides is 1. The third-order valence-electron chi connectivity index (χ3n) is 5.52. The average Bonchev–Trinajstić information content (AvgIpc) is 3.50. The first-order valence-electron chi connectivity index (χ1n) is 10.4. The Morgan fingerprint density at radius 3 is 2.79 bits per heavy atom. The molecule has 1 aliphatic heterocycles. The number of H-pyrrole nitrogens is 1. The van der Waals surface area contributed by atoms with Crippen molar-refractivity contribution in [3.63, 3.8) is 0 Å². The molecule has 0 aliphatic carbocycles. The Kier molecular flexibility index (Phi) is 6.07. The van der Waals surface area contributed by atoms with Crippen molar-refractivity contribution in [3.05, 3.63) is 48.0 Å². The van der Waals surface area contributed by atoms with Crippen LogP contribution in [0, 0.1) is 5.92 Å². The van der Waals surface area contributed by atoms with E-state index in [1.165, 1.54) is 24.3 Å². The van der Waals surface area contributed by atoms with Gasteiger partial charge in [-0.3, -0.25) is 19.5 Å². The molecule has 172 valence electrons. The van der Waals surface area contributed by atoms with Crippen molar-refractivity contribution in [1.29, 1.82) is 0 Å². The fraction of sp³-hybridized carbons (Fsp3) is 0.333. The normalized spacial score (nSPS) is 18.1. The average molecular weight is 452 g/mol. The molecule has 1 saturated heterocycles. The molecule has 0 spiro atoms. The quantitative estimate of drug-likeness (QED) is 0.487. The molecule has 4 rings (SSSR count). The number of pyridine rings is 1. The third-order valence-corrected chi connectivity index (χ3v) is 5.52. The van der Waals surface area contributed by atoms with Crippen LogP contribution in [0.15, 0.2) is 36.8 Å². The molecule has 4 N–H and O–H groups in total. The lowest BCUT2D eigenvalue weighted by Crippen LogP contribution is -2.46. The molecule has 12 heteroatoms. The van der Waals surface area contributed by atoms with Crippen molar-refractivity contribution >= 4 is 23.4 Å². The van der Waals surface area contributed by atoms with E-state index in [2.05, 4.69) is 25.6 Å². The maximum Gasteiger partial charge on any atom is 0.313 e. The zero-order valence-electron chi connectivity index (χ0n) is 18.2. The van der Waals surface area contributed by atoms with Gasteiger partial charge in [0.1, 0.15) is 11.4 Å². The highest BCUT2D eigenvalue weighted by Crippen LogP contribution is 2.33. The van der Waals surface area contributed by atoms with E-state index in [-0.39, 0.29) is 29.1 Å². The second-order valence-electron chi connectivity index (χ2n) is 7.88. The first-order chi connectivity index (χ1) is 15.9. The van der Waals surface area contributed by atoms with Crippen LogP contribution in [-0.2, 0) is 9.59 Å². The number of nitrogens with one attached hydrogen (secondary N) is 2. The molecule has 33 heavy (non-hydrogen) atoms. The van der Waals surface area contributed by atoms with Crippen LogP contribution in [0.1, 0.15) is 41.9 Å². The lowest BCUT2D eigenvalue weighted by atomic mass is 9.92. The summed E-state index contributed by atoms with van der Waals surface area (Å²) >= 11 is 0. The molecule has 3 aromatic heterocycles. The van der Waals surface area contributed by atoms with Crippen molar-refractivity contribution in [1.82, 2.24) is 29.9 Å². The number of ether oxygens (including phenoxy) is 1. The van der Waals surface area contributed by atoms with Gasteiger partial charge in [0.05, 0.1) is 36.9 Å². The van der Waals surface area contributed by atoms with Crippen molar-refractivity contribution in [3.8, 4) is 11.7 Å². The number of likely N-dealkylation sites (tertiary alicyclic amines) is 1. The zero-order chi connectivity index (χ0) is 23.5. The number of amides is 3. The largest absolute Gasteiger partial charge is 0.480 e. The summed E-state index contributed by atoms with van der Waals surface area (Å²) in [6, 6.07) is 4.58. The number of carbonyl (C=O) groups is 3. The molecule has 12 nitrogen and oxygen atoms in total. The predicted molar refractivity (Wildman–Crippen MR) is 116 cm³/mol. The van der Waals surface area contributed by atoms with Gasteiger partial charge in [0.2, 0.25) is 5.88 Å². The van der Waals surface area contributed by atoms with Gasteiger partial charge in [-0.2, -0.15) is 10.2 Å². The van der Waals surface area contributed by atoms with Gasteiger partial charge in [0.25, 0.3) is 5.91 Å². The van der Waals surface area contributed by atoms with Crippen molar-refractivity contribution in [2.45, 2.75) is 25.8 Å². The molecule has 0 saturated carbocycles. The van der Waals surface area contributed by atoms with Gasteiger partial charge >= 0.3 is 11.8 Å². The van der Waals surface area contributed by atoms with Gasteiger partial charge in [-0.1, -0.05) is 6.92 Å². The second kappa shape index (κ2) is 9.10. The lowest BCUT2D eigenvalue weighted by Gasteiger charge is -2.37. The van der Waals surface area contributed by atoms with Crippen LogP contribution < -0.4 is 15.8 Å². The molecule has 0 radical (unpaired) electrons. The van der Waals surface area contributed by atoms with Crippen LogP contribution >= 0.6 is 0 Å². The van der Waals surface area contributed by atoms with Crippen molar-refractivity contribution in [2.24, 2.45) is 11.7 Å². The highest BCUT2D eigenvalue weighted by atomic mass is 16.5. The molecule has 0 unspecified atom stereocenters. The summed E-state index contributed by atoms with van der Waals surface area (Å²) in [4.78, 5) is 43.1. The van der Waals surface area contributed by atoms with Crippen LogP contribution in [-0.4, -0.2) is 61.2 Å². The number of methoxy groups -OCH3 is 1. The Morgan fingerprint density at radius 1 is 1.27 bits per heavy atom. The maximum atomic E-state index is 13.1. The summed E-state index contributed by atoms with van der Waals surface area (Å²) in [5.74, 6) is -1.34. The van der Waals surface area contributed by atoms with Crippen molar-refractivity contribution in [2.75, 3.05) is 19.0 Å². The molecular formula is C21H24N8O4. The van der Waals surface area contributed by atoms with E-state index in [4.69, 9.17) is 10.5 Å². The van der Waals surface area contributed by atoms with Gasteiger partial charge in [-0.25, -0.2) is 9.67 Å². The molecule has 3 amide bonds. The van der Waals surface area contributed by atoms with Crippen LogP contribution in [0.5, 0.6) is 5.88 Å². The number of hydrogen-bond donors (Lipinski definition) is 3. The van der Waals surface area contributed by atoms with Gasteiger partial charge in [0.15, 0.2) is 0 Å². The third kappa shape index (κ3) is 4.54. The summed E-state index contributed by atoms with van der Waals surface area (Å²) in [6.45, 7) is 2.45. The van der Waals surface area contributed by atoms with Crippen LogP contribution in [0.2, 0.25) is 0 Å². The van der Waals surface area contributed by atoms with E-state index in [1.54, 1.807) is 23.1 Å². The molecule has 1 fully saturated rings. The van der Waals surface area contributed by atoms with Gasteiger partial charge in [0, 0.05) is 18.8 Å².